The lowest BCUT2D eigenvalue weighted by molar-refractivity contribution is -0.0345. The van der Waals surface area contributed by atoms with Gasteiger partial charge < -0.3 is 14.2 Å². The molecule has 1 atom stereocenters. The van der Waals surface area contributed by atoms with Gasteiger partial charge in [0.25, 0.3) is 0 Å². The quantitative estimate of drug-likeness (QED) is 0.730. The Labute approximate surface area is 163 Å². The van der Waals surface area contributed by atoms with Crippen molar-refractivity contribution in [1.29, 1.82) is 0 Å². The highest BCUT2D eigenvalue weighted by molar-refractivity contribution is 7.89. The summed E-state index contributed by atoms with van der Waals surface area (Å²) in [5.41, 5.74) is 0.295. The Morgan fingerprint density at radius 1 is 1.11 bits per heavy atom. The molecule has 8 heteroatoms. The Hall–Kier alpha value is -2.58. The minimum atomic E-state index is -3.88. The number of carbonyl (C=O) groups excluding carboxylic acids is 1. The van der Waals surface area contributed by atoms with E-state index in [1.54, 1.807) is 24.3 Å². The number of ether oxygens (including phenoxy) is 3. The molecule has 1 spiro atoms. The number of methoxy groups -OCH3 is 2. The van der Waals surface area contributed by atoms with Gasteiger partial charge in [-0.1, -0.05) is 18.2 Å². The monoisotopic (exact) mass is 403 g/mol. The van der Waals surface area contributed by atoms with Crippen molar-refractivity contribution in [3.63, 3.8) is 0 Å². The van der Waals surface area contributed by atoms with Crippen LogP contribution in [0.3, 0.4) is 0 Å². The molecule has 0 aromatic heterocycles. The van der Waals surface area contributed by atoms with Crippen molar-refractivity contribution in [1.82, 2.24) is 4.31 Å². The predicted octanol–water partition coefficient (Wildman–Crippen LogP) is 2.55. The lowest BCUT2D eigenvalue weighted by Crippen LogP contribution is -2.48. The third kappa shape index (κ3) is 2.84. The second-order valence-electron chi connectivity index (χ2n) is 6.89. The van der Waals surface area contributed by atoms with Crippen LogP contribution in [0.2, 0.25) is 0 Å². The number of nitrogens with zero attached hydrogens (tertiary/aromatic N) is 1. The van der Waals surface area contributed by atoms with Crippen molar-refractivity contribution in [2.24, 2.45) is 0 Å². The molecule has 2 aromatic carbocycles. The molecular formula is C20H21NO6S. The topological polar surface area (TPSA) is 82.1 Å². The number of piperidine rings is 1. The Kier molecular flexibility index (Phi) is 4.55. The molecule has 1 unspecified atom stereocenters. The van der Waals surface area contributed by atoms with E-state index in [1.807, 2.05) is 12.1 Å². The first-order valence-electron chi connectivity index (χ1n) is 8.96. The molecule has 0 aliphatic carbocycles. The zero-order valence-corrected chi connectivity index (χ0v) is 16.5. The number of carbonyl (C=O) groups is 1. The highest BCUT2D eigenvalue weighted by Gasteiger charge is 2.50. The second-order valence-corrected chi connectivity index (χ2v) is 8.79. The summed E-state index contributed by atoms with van der Waals surface area (Å²) < 4.78 is 44.4. The van der Waals surface area contributed by atoms with Crippen LogP contribution in [0.15, 0.2) is 47.4 Å². The fourth-order valence-corrected chi connectivity index (χ4v) is 5.66. The number of rotatable bonds is 4. The van der Waals surface area contributed by atoms with Crippen LogP contribution in [-0.4, -0.2) is 46.0 Å². The van der Waals surface area contributed by atoms with Gasteiger partial charge in [-0.25, -0.2) is 13.2 Å². The summed E-state index contributed by atoms with van der Waals surface area (Å²) >= 11 is 0. The number of esters is 1. The predicted molar refractivity (Wildman–Crippen MR) is 101 cm³/mol. The summed E-state index contributed by atoms with van der Waals surface area (Å²) in [6.45, 7) is 0.405. The van der Waals surface area contributed by atoms with E-state index in [0.29, 0.717) is 30.7 Å². The number of benzene rings is 2. The van der Waals surface area contributed by atoms with Gasteiger partial charge in [0.05, 0.1) is 26.3 Å². The van der Waals surface area contributed by atoms with Crippen LogP contribution < -0.4 is 9.47 Å². The first kappa shape index (κ1) is 18.8. The van der Waals surface area contributed by atoms with Gasteiger partial charge in [0.15, 0.2) is 5.60 Å². The molecule has 4 rings (SSSR count). The van der Waals surface area contributed by atoms with Crippen LogP contribution in [0.1, 0.15) is 28.8 Å². The summed E-state index contributed by atoms with van der Waals surface area (Å²) in [6.07, 6.45) is 1.16. The van der Waals surface area contributed by atoms with Gasteiger partial charge in [0, 0.05) is 18.2 Å². The summed E-state index contributed by atoms with van der Waals surface area (Å²) in [4.78, 5) is 12.4. The van der Waals surface area contributed by atoms with E-state index in [2.05, 4.69) is 0 Å². The molecule has 0 amide bonds. The number of sulfonamides is 1. The zero-order chi connectivity index (χ0) is 19.9. The highest BCUT2D eigenvalue weighted by Crippen LogP contribution is 2.44. The second kappa shape index (κ2) is 6.79. The molecule has 2 aromatic rings. The van der Waals surface area contributed by atoms with Gasteiger partial charge in [-0.05, 0) is 31.0 Å². The van der Waals surface area contributed by atoms with Crippen molar-refractivity contribution < 1.29 is 27.4 Å². The SMILES string of the molecule is COc1ccc(OC)c(S(=O)(=O)N2CCCC3(C2)OC(=O)c2ccccc23)c1. The fourth-order valence-electron chi connectivity index (χ4n) is 3.96. The van der Waals surface area contributed by atoms with Crippen molar-refractivity contribution in [3.05, 3.63) is 53.6 Å². The standard InChI is InChI=1S/C20H21NO6S/c1-25-14-8-9-17(26-2)18(12-14)28(23,24)21-11-5-10-20(13-21)16-7-4-3-6-15(16)19(22)27-20/h3-4,6-9,12H,5,10-11,13H2,1-2H3. The van der Waals surface area contributed by atoms with Gasteiger partial charge in [-0.3, -0.25) is 0 Å². The van der Waals surface area contributed by atoms with Crippen LogP contribution in [0, 0.1) is 0 Å². The van der Waals surface area contributed by atoms with Gasteiger partial charge >= 0.3 is 5.97 Å². The average molecular weight is 403 g/mol. The Bertz CT molecular complexity index is 1030. The van der Waals surface area contributed by atoms with E-state index in [0.717, 1.165) is 5.56 Å². The van der Waals surface area contributed by atoms with Crippen molar-refractivity contribution in [2.75, 3.05) is 27.3 Å². The molecule has 0 bridgehead atoms. The maximum Gasteiger partial charge on any atom is 0.339 e. The van der Waals surface area contributed by atoms with Crippen LogP contribution in [-0.2, 0) is 20.4 Å². The van der Waals surface area contributed by atoms with Gasteiger partial charge in [-0.2, -0.15) is 4.31 Å². The summed E-state index contributed by atoms with van der Waals surface area (Å²) in [5.74, 6) is 0.252. The van der Waals surface area contributed by atoms with Crippen molar-refractivity contribution >= 4 is 16.0 Å². The smallest absolute Gasteiger partial charge is 0.339 e. The molecule has 0 radical (unpaired) electrons. The lowest BCUT2D eigenvalue weighted by atomic mass is 9.86. The third-order valence-corrected chi connectivity index (χ3v) is 7.20. The van der Waals surface area contributed by atoms with Crippen LogP contribution in [0.5, 0.6) is 11.5 Å². The van der Waals surface area contributed by atoms with E-state index in [4.69, 9.17) is 14.2 Å². The third-order valence-electron chi connectivity index (χ3n) is 5.33. The molecule has 28 heavy (non-hydrogen) atoms. The molecule has 1 fully saturated rings. The number of hydrogen-bond acceptors (Lipinski definition) is 6. The van der Waals surface area contributed by atoms with E-state index in [9.17, 15) is 13.2 Å². The van der Waals surface area contributed by atoms with Crippen LogP contribution >= 0.6 is 0 Å². The van der Waals surface area contributed by atoms with E-state index >= 15 is 0 Å². The van der Waals surface area contributed by atoms with Crippen LogP contribution in [0.4, 0.5) is 0 Å². The molecule has 2 aliphatic rings. The Morgan fingerprint density at radius 2 is 1.89 bits per heavy atom. The molecule has 2 aliphatic heterocycles. The largest absolute Gasteiger partial charge is 0.497 e. The van der Waals surface area contributed by atoms with Crippen molar-refractivity contribution in [2.45, 2.75) is 23.3 Å². The zero-order valence-electron chi connectivity index (χ0n) is 15.7. The Morgan fingerprint density at radius 3 is 2.64 bits per heavy atom. The normalized spacial score (nSPS) is 22.0. The van der Waals surface area contributed by atoms with E-state index < -0.39 is 21.6 Å². The summed E-state index contributed by atoms with van der Waals surface area (Å²) in [6, 6.07) is 11.8. The first-order chi connectivity index (χ1) is 13.4. The Balaban J connectivity index is 1.74. The molecule has 7 nitrogen and oxygen atoms in total. The van der Waals surface area contributed by atoms with E-state index in [1.165, 1.54) is 24.6 Å². The molecule has 1 saturated heterocycles. The van der Waals surface area contributed by atoms with E-state index in [-0.39, 0.29) is 17.2 Å². The molecule has 148 valence electrons. The first-order valence-corrected chi connectivity index (χ1v) is 10.4. The summed E-state index contributed by atoms with van der Waals surface area (Å²) in [5, 5.41) is 0. The van der Waals surface area contributed by atoms with Crippen molar-refractivity contribution in [3.8, 4) is 11.5 Å². The molecular weight excluding hydrogens is 382 g/mol. The number of hydrogen-bond donors (Lipinski definition) is 0. The van der Waals surface area contributed by atoms with Crippen LogP contribution in [0.25, 0.3) is 0 Å². The minimum Gasteiger partial charge on any atom is -0.497 e. The van der Waals surface area contributed by atoms with Gasteiger partial charge in [-0.15, -0.1) is 0 Å². The van der Waals surface area contributed by atoms with Gasteiger partial charge in [0.1, 0.15) is 16.4 Å². The fraction of sp³-hybridized carbons (Fsp3) is 0.350. The number of fused-ring (bicyclic) bond motifs is 2. The lowest BCUT2D eigenvalue weighted by Gasteiger charge is -2.39. The highest BCUT2D eigenvalue weighted by atomic mass is 32.2. The maximum atomic E-state index is 13.4. The van der Waals surface area contributed by atoms with Gasteiger partial charge in [0.2, 0.25) is 10.0 Å². The molecule has 0 saturated carbocycles. The molecule has 2 heterocycles. The summed E-state index contributed by atoms with van der Waals surface area (Å²) in [7, 11) is -0.984. The minimum absolute atomic E-state index is 0.0315. The molecule has 0 N–H and O–H groups in total. The average Bonchev–Trinajstić information content (AvgIpc) is 2.99. The maximum absolute atomic E-state index is 13.4.